The lowest BCUT2D eigenvalue weighted by molar-refractivity contribution is -0.190. The van der Waals surface area contributed by atoms with Crippen molar-refractivity contribution < 1.29 is 39.6 Å². The summed E-state index contributed by atoms with van der Waals surface area (Å²) >= 11 is 0. The van der Waals surface area contributed by atoms with E-state index in [0.29, 0.717) is 0 Å². The number of carboxylic acids is 1. The second-order valence-electron chi connectivity index (χ2n) is 3.92. The Balaban J connectivity index is 0. The van der Waals surface area contributed by atoms with Crippen molar-refractivity contribution in [3.05, 3.63) is 0 Å². The first-order valence-corrected chi connectivity index (χ1v) is 5.16. The van der Waals surface area contributed by atoms with Crippen LogP contribution < -0.4 is 0 Å². The lowest BCUT2D eigenvalue weighted by Crippen LogP contribution is -2.68. The number of ketones is 3. The zero-order valence-corrected chi connectivity index (χ0v) is 11.1. The Hall–Kier alpha value is -1.64. The van der Waals surface area contributed by atoms with Gasteiger partial charge in [-0.2, -0.15) is 0 Å². The number of aliphatic hydroxyl groups excluding tert-OH is 1. The van der Waals surface area contributed by atoms with Crippen molar-refractivity contribution in [3.63, 3.8) is 0 Å². The first-order valence-electron chi connectivity index (χ1n) is 5.16. The molecule has 1 atom stereocenters. The van der Waals surface area contributed by atoms with E-state index in [1.165, 1.54) is 0 Å². The number of hydrogen-bond donors (Lipinski definition) is 4. The minimum absolute atomic E-state index is 0.833. The Bertz CT molecular complexity index is 368. The van der Waals surface area contributed by atoms with Gasteiger partial charge >= 0.3 is 0 Å². The highest BCUT2D eigenvalue weighted by molar-refractivity contribution is 6.14. The van der Waals surface area contributed by atoms with Crippen molar-refractivity contribution in [2.75, 3.05) is 6.61 Å². The van der Waals surface area contributed by atoms with Crippen molar-refractivity contribution >= 4 is 23.3 Å². The van der Waals surface area contributed by atoms with Crippen molar-refractivity contribution in [1.29, 1.82) is 0 Å². The molecule has 0 aromatic carbocycles. The Morgan fingerprint density at radius 1 is 0.842 bits per heavy atom. The number of aliphatic carboxylic acids is 1. The quantitative estimate of drug-likeness (QED) is 0.435. The van der Waals surface area contributed by atoms with E-state index >= 15 is 0 Å². The Morgan fingerprint density at radius 2 is 1.11 bits per heavy atom. The van der Waals surface area contributed by atoms with Crippen LogP contribution in [0.2, 0.25) is 0 Å². The summed E-state index contributed by atoms with van der Waals surface area (Å²) in [5.74, 6) is -4.08. The molecule has 0 aromatic rings. The minimum Gasteiger partial charge on any atom is -0.481 e. The molecule has 0 heterocycles. The summed E-state index contributed by atoms with van der Waals surface area (Å²) in [5, 5.41) is 35.7. The van der Waals surface area contributed by atoms with Crippen LogP contribution in [0.25, 0.3) is 0 Å². The fourth-order valence-corrected chi connectivity index (χ4v) is 1.31. The average molecular weight is 278 g/mol. The maximum atomic E-state index is 11.1. The summed E-state index contributed by atoms with van der Waals surface area (Å²) in [5.41, 5.74) is -5.68. The molecule has 0 aromatic heterocycles. The molecule has 4 N–H and O–H groups in total. The molecule has 0 rings (SSSR count). The van der Waals surface area contributed by atoms with Crippen LogP contribution in [0.1, 0.15) is 27.7 Å². The summed E-state index contributed by atoms with van der Waals surface area (Å²) < 4.78 is 0. The van der Waals surface area contributed by atoms with Crippen LogP contribution >= 0.6 is 0 Å². The van der Waals surface area contributed by atoms with Crippen molar-refractivity contribution in [3.8, 4) is 0 Å². The molecular formula is C11H18O8. The van der Waals surface area contributed by atoms with Gasteiger partial charge in [-0.25, -0.2) is 0 Å². The van der Waals surface area contributed by atoms with E-state index in [1.807, 2.05) is 0 Å². The van der Waals surface area contributed by atoms with Gasteiger partial charge in [0.05, 0.1) is 6.61 Å². The zero-order chi connectivity index (χ0) is 16.0. The van der Waals surface area contributed by atoms with Crippen LogP contribution in [0.15, 0.2) is 0 Å². The van der Waals surface area contributed by atoms with Crippen molar-refractivity contribution in [2.24, 2.45) is 0 Å². The number of hydrogen-bond acceptors (Lipinski definition) is 7. The number of carbonyl (C=O) groups is 4. The first kappa shape index (κ1) is 19.7. The van der Waals surface area contributed by atoms with E-state index in [-0.39, 0.29) is 0 Å². The fraction of sp³-hybridized carbons (Fsp3) is 0.636. The van der Waals surface area contributed by atoms with Crippen LogP contribution in [-0.2, 0) is 19.2 Å². The summed E-state index contributed by atoms with van der Waals surface area (Å²) in [4.78, 5) is 42.3. The molecule has 0 radical (unpaired) electrons. The zero-order valence-electron chi connectivity index (χ0n) is 11.1. The van der Waals surface area contributed by atoms with Gasteiger partial charge in [0.1, 0.15) is 0 Å². The van der Waals surface area contributed by atoms with Gasteiger partial charge < -0.3 is 20.4 Å². The van der Waals surface area contributed by atoms with Gasteiger partial charge in [0.15, 0.2) is 23.0 Å². The standard InChI is InChI=1S/C9H14O6.C2H4O2/c1-5(11)8(14,4-10)9(15,6(2)12)7(3)13;1-2(3)4/h10,14-15H,4H2,1-3H3;1H3,(H,3,4). The van der Waals surface area contributed by atoms with E-state index in [2.05, 4.69) is 0 Å². The van der Waals surface area contributed by atoms with E-state index in [1.54, 1.807) is 0 Å². The molecule has 0 bridgehead atoms. The van der Waals surface area contributed by atoms with Crippen molar-refractivity contribution in [1.82, 2.24) is 0 Å². The van der Waals surface area contributed by atoms with Gasteiger partial charge in [0.2, 0.25) is 5.60 Å². The summed E-state index contributed by atoms with van der Waals surface area (Å²) in [7, 11) is 0. The SMILES string of the molecule is CC(=O)C(O)(CO)C(O)(C(C)=O)C(C)=O.CC(=O)O. The first-order chi connectivity index (χ1) is 8.37. The summed E-state index contributed by atoms with van der Waals surface area (Å²) in [6.45, 7) is 2.45. The Labute approximate surface area is 109 Å². The molecule has 0 spiro atoms. The highest BCUT2D eigenvalue weighted by Crippen LogP contribution is 2.25. The predicted molar refractivity (Wildman–Crippen MR) is 62.3 cm³/mol. The third-order valence-electron chi connectivity index (χ3n) is 2.43. The number of rotatable bonds is 5. The van der Waals surface area contributed by atoms with Gasteiger partial charge in [-0.3, -0.25) is 19.2 Å². The largest absolute Gasteiger partial charge is 0.481 e. The normalized spacial score (nSPS) is 13.6. The summed E-state index contributed by atoms with van der Waals surface area (Å²) in [6, 6.07) is 0. The Kier molecular flexibility index (Phi) is 7.33. The molecule has 110 valence electrons. The smallest absolute Gasteiger partial charge is 0.300 e. The van der Waals surface area contributed by atoms with Crippen LogP contribution in [0, 0.1) is 0 Å². The van der Waals surface area contributed by atoms with Gasteiger partial charge in [0.25, 0.3) is 5.97 Å². The highest BCUT2D eigenvalue weighted by atomic mass is 16.4. The van der Waals surface area contributed by atoms with Crippen LogP contribution in [0.3, 0.4) is 0 Å². The highest BCUT2D eigenvalue weighted by Gasteiger charge is 2.59. The lowest BCUT2D eigenvalue weighted by atomic mass is 9.75. The monoisotopic (exact) mass is 278 g/mol. The lowest BCUT2D eigenvalue weighted by Gasteiger charge is -2.36. The van der Waals surface area contributed by atoms with Crippen molar-refractivity contribution in [2.45, 2.75) is 38.9 Å². The maximum Gasteiger partial charge on any atom is 0.300 e. The molecular weight excluding hydrogens is 260 g/mol. The molecule has 8 nitrogen and oxygen atoms in total. The molecule has 0 saturated carbocycles. The molecule has 8 heteroatoms. The average Bonchev–Trinajstić information content (AvgIpc) is 2.24. The number of carbonyl (C=O) groups excluding carboxylic acids is 3. The van der Waals surface area contributed by atoms with Gasteiger partial charge in [0, 0.05) is 6.92 Å². The fourth-order valence-electron chi connectivity index (χ4n) is 1.31. The number of aliphatic hydroxyl groups is 3. The second kappa shape index (κ2) is 7.07. The molecule has 0 aliphatic carbocycles. The van der Waals surface area contributed by atoms with Gasteiger partial charge in [-0.1, -0.05) is 0 Å². The third kappa shape index (κ3) is 4.19. The second-order valence-corrected chi connectivity index (χ2v) is 3.92. The Morgan fingerprint density at radius 3 is 1.16 bits per heavy atom. The third-order valence-corrected chi connectivity index (χ3v) is 2.43. The molecule has 0 fully saturated rings. The van der Waals surface area contributed by atoms with Gasteiger partial charge in [-0.15, -0.1) is 0 Å². The van der Waals surface area contributed by atoms with E-state index < -0.39 is 41.1 Å². The minimum atomic E-state index is -2.90. The number of Topliss-reactive ketones (excluding diaryl/α,β-unsaturated/α-hetero) is 3. The molecule has 19 heavy (non-hydrogen) atoms. The molecule has 0 saturated heterocycles. The predicted octanol–water partition coefficient (Wildman–Crippen LogP) is -1.70. The van der Waals surface area contributed by atoms with E-state index in [4.69, 9.17) is 15.0 Å². The number of carboxylic acid groups (broad SMARTS) is 1. The van der Waals surface area contributed by atoms with Gasteiger partial charge in [-0.05, 0) is 20.8 Å². The van der Waals surface area contributed by atoms with Crippen LogP contribution in [0.4, 0.5) is 0 Å². The van der Waals surface area contributed by atoms with Crippen LogP contribution in [-0.4, -0.2) is 61.6 Å². The topological polar surface area (TPSA) is 149 Å². The van der Waals surface area contributed by atoms with E-state index in [0.717, 1.165) is 27.7 Å². The molecule has 1 unspecified atom stereocenters. The molecule has 0 amide bonds. The molecule has 0 aliphatic rings. The molecule has 0 aliphatic heterocycles. The van der Waals surface area contributed by atoms with Crippen LogP contribution in [0.5, 0.6) is 0 Å². The maximum absolute atomic E-state index is 11.1. The van der Waals surface area contributed by atoms with E-state index in [9.17, 15) is 24.6 Å². The summed E-state index contributed by atoms with van der Waals surface area (Å²) in [6.07, 6.45) is 0.